The molecule has 0 bridgehead atoms. The van der Waals surface area contributed by atoms with Gasteiger partial charge < -0.3 is 54.1 Å². The Kier molecular flexibility index (Phi) is 14.5. The second-order valence-electron chi connectivity index (χ2n) is 8.74. The summed E-state index contributed by atoms with van der Waals surface area (Å²) in [5.74, 6) is -5.12. The molecular weight excluding hydrogens is 516 g/mol. The molecule has 218 valence electrons. The molecular formula is C22H38N10O7. The number of rotatable bonds is 19. The molecule has 4 unspecified atom stereocenters. The molecule has 0 saturated heterocycles. The summed E-state index contributed by atoms with van der Waals surface area (Å²) in [6.07, 6.45) is 3.48. The Morgan fingerprint density at radius 3 is 2.10 bits per heavy atom. The molecule has 1 rings (SSSR count). The van der Waals surface area contributed by atoms with Crippen molar-refractivity contribution in [2.24, 2.45) is 27.9 Å². The molecule has 17 nitrogen and oxygen atoms in total. The Morgan fingerprint density at radius 1 is 0.923 bits per heavy atom. The predicted octanol–water partition coefficient (Wildman–Crippen LogP) is -3.52. The fourth-order valence-corrected chi connectivity index (χ4v) is 3.45. The van der Waals surface area contributed by atoms with Gasteiger partial charge in [-0.3, -0.25) is 24.2 Å². The van der Waals surface area contributed by atoms with Gasteiger partial charge in [-0.25, -0.2) is 9.78 Å². The maximum absolute atomic E-state index is 13.2. The summed E-state index contributed by atoms with van der Waals surface area (Å²) in [5, 5.41) is 25.8. The van der Waals surface area contributed by atoms with Crippen LogP contribution >= 0.6 is 0 Å². The lowest BCUT2D eigenvalue weighted by Crippen LogP contribution is -2.57. The normalized spacial score (nSPS) is 13.8. The second kappa shape index (κ2) is 17.3. The number of imidazole rings is 1. The lowest BCUT2D eigenvalue weighted by Gasteiger charge is -2.25. The van der Waals surface area contributed by atoms with Crippen molar-refractivity contribution in [3.05, 3.63) is 18.2 Å². The van der Waals surface area contributed by atoms with Crippen LogP contribution in [0.1, 0.15) is 44.2 Å². The van der Waals surface area contributed by atoms with E-state index in [2.05, 4.69) is 30.9 Å². The quantitative estimate of drug-likeness (QED) is 0.0452. The Morgan fingerprint density at radius 2 is 1.54 bits per heavy atom. The van der Waals surface area contributed by atoms with E-state index in [-0.39, 0.29) is 38.2 Å². The molecule has 0 aromatic carbocycles. The zero-order valence-corrected chi connectivity index (χ0v) is 21.5. The molecule has 0 spiro atoms. The maximum Gasteiger partial charge on any atom is 0.326 e. The SMILES string of the molecule is NCCCCC(NC(=O)C(N)CC(=O)O)C(=O)NC(Cc1cnc[nH]1)C(=O)NC(CCCN=C(N)N)C(=O)O. The van der Waals surface area contributed by atoms with E-state index in [0.717, 1.165) is 0 Å². The molecule has 0 aliphatic carbocycles. The number of aliphatic carboxylic acids is 2. The molecule has 0 fully saturated rings. The van der Waals surface area contributed by atoms with E-state index < -0.39 is 60.2 Å². The van der Waals surface area contributed by atoms with Crippen molar-refractivity contribution in [3.8, 4) is 0 Å². The van der Waals surface area contributed by atoms with E-state index in [0.29, 0.717) is 25.1 Å². The monoisotopic (exact) mass is 554 g/mol. The van der Waals surface area contributed by atoms with Gasteiger partial charge in [-0.05, 0) is 38.6 Å². The number of H-pyrrole nitrogens is 1. The molecule has 0 aliphatic heterocycles. The molecule has 14 N–H and O–H groups in total. The van der Waals surface area contributed by atoms with Crippen molar-refractivity contribution >= 4 is 35.6 Å². The van der Waals surface area contributed by atoms with E-state index >= 15 is 0 Å². The lowest BCUT2D eigenvalue weighted by molar-refractivity contribution is -0.142. The molecule has 39 heavy (non-hydrogen) atoms. The minimum absolute atomic E-state index is 0.0157. The van der Waals surface area contributed by atoms with Gasteiger partial charge in [0.15, 0.2) is 5.96 Å². The van der Waals surface area contributed by atoms with Crippen LogP contribution in [0, 0.1) is 0 Å². The van der Waals surface area contributed by atoms with Crippen LogP contribution in [-0.4, -0.2) is 93.1 Å². The molecule has 0 aliphatic rings. The van der Waals surface area contributed by atoms with E-state index in [4.69, 9.17) is 28.0 Å². The van der Waals surface area contributed by atoms with Crippen LogP contribution in [0.15, 0.2) is 17.5 Å². The van der Waals surface area contributed by atoms with Crippen LogP contribution in [0.25, 0.3) is 0 Å². The largest absolute Gasteiger partial charge is 0.481 e. The highest BCUT2D eigenvalue weighted by Crippen LogP contribution is 2.07. The number of nitrogens with zero attached hydrogens (tertiary/aromatic N) is 2. The topological polar surface area (TPSA) is 307 Å². The standard InChI is InChI=1S/C22H38N10O7/c23-6-2-1-4-14(30-18(35)13(24)9-17(33)34)19(36)32-16(8-12-10-27-11-29-12)20(37)31-15(21(38)39)5-3-7-28-22(25)26/h10-11,13-16H,1-9,23-24H2,(H,27,29)(H,30,35)(H,31,37)(H,32,36)(H,33,34)(H,38,39)(H4,25,26,28). The molecule has 1 aromatic rings. The number of hydrogen-bond acceptors (Lipinski definition) is 9. The number of carbonyl (C=O) groups is 5. The smallest absolute Gasteiger partial charge is 0.326 e. The summed E-state index contributed by atoms with van der Waals surface area (Å²) in [6.45, 7) is 0.496. The predicted molar refractivity (Wildman–Crippen MR) is 139 cm³/mol. The number of carbonyl (C=O) groups excluding carboxylic acids is 3. The number of carboxylic acid groups (broad SMARTS) is 2. The second-order valence-corrected chi connectivity index (χ2v) is 8.74. The van der Waals surface area contributed by atoms with E-state index in [1.54, 1.807) is 0 Å². The van der Waals surface area contributed by atoms with Gasteiger partial charge in [0.2, 0.25) is 17.7 Å². The number of nitrogens with one attached hydrogen (secondary N) is 4. The average Bonchev–Trinajstić information content (AvgIpc) is 3.37. The van der Waals surface area contributed by atoms with E-state index in [9.17, 15) is 29.1 Å². The third-order valence-corrected chi connectivity index (χ3v) is 5.48. The van der Waals surface area contributed by atoms with Gasteiger partial charge in [0.1, 0.15) is 18.1 Å². The number of aromatic amines is 1. The number of nitrogens with two attached hydrogens (primary N) is 4. The van der Waals surface area contributed by atoms with Gasteiger partial charge in [0, 0.05) is 24.9 Å². The summed E-state index contributed by atoms with van der Waals surface area (Å²) < 4.78 is 0. The van der Waals surface area contributed by atoms with E-state index in [1.165, 1.54) is 12.5 Å². The van der Waals surface area contributed by atoms with Crippen molar-refractivity contribution in [3.63, 3.8) is 0 Å². The summed E-state index contributed by atoms with van der Waals surface area (Å²) in [7, 11) is 0. The number of aliphatic imine (C=N–C) groups is 1. The van der Waals surface area contributed by atoms with Crippen molar-refractivity contribution < 1.29 is 34.2 Å². The minimum Gasteiger partial charge on any atom is -0.481 e. The van der Waals surface area contributed by atoms with Gasteiger partial charge in [-0.15, -0.1) is 0 Å². The van der Waals surface area contributed by atoms with Crippen molar-refractivity contribution in [1.29, 1.82) is 0 Å². The van der Waals surface area contributed by atoms with Crippen LogP contribution in [-0.2, 0) is 30.4 Å². The highest BCUT2D eigenvalue weighted by molar-refractivity contribution is 5.94. The highest BCUT2D eigenvalue weighted by Gasteiger charge is 2.31. The van der Waals surface area contributed by atoms with Crippen LogP contribution in [0.5, 0.6) is 0 Å². The fourth-order valence-electron chi connectivity index (χ4n) is 3.45. The van der Waals surface area contributed by atoms with Crippen LogP contribution in [0.2, 0.25) is 0 Å². The fraction of sp³-hybridized carbons (Fsp3) is 0.591. The molecule has 1 heterocycles. The molecule has 4 atom stereocenters. The highest BCUT2D eigenvalue weighted by atomic mass is 16.4. The van der Waals surface area contributed by atoms with Gasteiger partial charge in [0.25, 0.3) is 0 Å². The van der Waals surface area contributed by atoms with Crippen LogP contribution in [0.4, 0.5) is 0 Å². The Hall–Kier alpha value is -4.25. The molecule has 17 heteroatoms. The Bertz CT molecular complexity index is 982. The third-order valence-electron chi connectivity index (χ3n) is 5.48. The van der Waals surface area contributed by atoms with Gasteiger partial charge in [-0.2, -0.15) is 0 Å². The van der Waals surface area contributed by atoms with Crippen LogP contribution < -0.4 is 38.9 Å². The molecule has 0 saturated carbocycles. The first-order chi connectivity index (χ1) is 18.4. The third kappa shape index (κ3) is 13.2. The van der Waals surface area contributed by atoms with E-state index in [1.807, 2.05) is 0 Å². The summed E-state index contributed by atoms with van der Waals surface area (Å²) in [5.41, 5.74) is 22.1. The molecule has 3 amide bonds. The maximum atomic E-state index is 13.2. The summed E-state index contributed by atoms with van der Waals surface area (Å²) in [6, 6.07) is -5.09. The number of guanidine groups is 1. The summed E-state index contributed by atoms with van der Waals surface area (Å²) >= 11 is 0. The first-order valence-corrected chi connectivity index (χ1v) is 12.3. The number of carboxylic acids is 2. The Labute approximate surface area is 224 Å². The van der Waals surface area contributed by atoms with Gasteiger partial charge >= 0.3 is 11.9 Å². The Balaban J connectivity index is 3.04. The zero-order chi connectivity index (χ0) is 29.4. The number of unbranched alkanes of at least 4 members (excludes halogenated alkanes) is 1. The van der Waals surface area contributed by atoms with Crippen molar-refractivity contribution in [1.82, 2.24) is 25.9 Å². The van der Waals surface area contributed by atoms with Crippen LogP contribution in [0.3, 0.4) is 0 Å². The molecule has 0 radical (unpaired) electrons. The van der Waals surface area contributed by atoms with Gasteiger partial charge in [0.05, 0.1) is 18.8 Å². The summed E-state index contributed by atoms with van der Waals surface area (Å²) in [4.78, 5) is 71.8. The number of hydrogen-bond donors (Lipinski definition) is 10. The average molecular weight is 555 g/mol. The zero-order valence-electron chi connectivity index (χ0n) is 21.5. The minimum atomic E-state index is -1.40. The number of aromatic nitrogens is 2. The van der Waals surface area contributed by atoms with Gasteiger partial charge in [-0.1, -0.05) is 0 Å². The first kappa shape index (κ1) is 32.8. The lowest BCUT2D eigenvalue weighted by atomic mass is 10.0. The molecule has 1 aromatic heterocycles. The van der Waals surface area contributed by atoms with Crippen molar-refractivity contribution in [2.75, 3.05) is 13.1 Å². The number of amides is 3. The first-order valence-electron chi connectivity index (χ1n) is 12.3. The van der Waals surface area contributed by atoms with Crippen molar-refractivity contribution in [2.45, 2.75) is 69.1 Å².